The summed E-state index contributed by atoms with van der Waals surface area (Å²) >= 11 is 0. The molecule has 27 heavy (non-hydrogen) atoms. The highest BCUT2D eigenvalue weighted by atomic mass is 14.2. The van der Waals surface area contributed by atoms with Gasteiger partial charge in [-0.15, -0.1) is 0 Å². The van der Waals surface area contributed by atoms with Crippen LogP contribution in [0.5, 0.6) is 0 Å². The Morgan fingerprint density at radius 2 is 0.926 bits per heavy atom. The van der Waals surface area contributed by atoms with Crippen molar-refractivity contribution in [2.75, 3.05) is 0 Å². The van der Waals surface area contributed by atoms with Crippen LogP contribution in [-0.4, -0.2) is 0 Å². The molecule has 2 aromatic rings. The minimum atomic E-state index is 0.982. The lowest BCUT2D eigenvalue weighted by molar-refractivity contribution is 1.18. The van der Waals surface area contributed by atoms with E-state index >= 15 is 0 Å². The average molecular weight is 351 g/mol. The van der Waals surface area contributed by atoms with Crippen molar-refractivity contribution in [1.82, 2.24) is 0 Å². The second kappa shape index (κ2) is 7.40. The van der Waals surface area contributed by atoms with Crippen molar-refractivity contribution in [2.24, 2.45) is 0 Å². The van der Waals surface area contributed by atoms with Crippen LogP contribution in [0.3, 0.4) is 0 Å². The molecule has 0 spiro atoms. The van der Waals surface area contributed by atoms with Crippen LogP contribution >= 0.6 is 0 Å². The molecule has 0 heteroatoms. The summed E-state index contributed by atoms with van der Waals surface area (Å²) in [4.78, 5) is 0. The highest BCUT2D eigenvalue weighted by Gasteiger charge is 2.20. The standard InChI is InChI=1S/C27H26/c1-19-14-20(2)26-24(16-22-10-6-4-7-11-22)18-25(27(26)21(3)15-19)17-23-12-8-5-9-13-23/h4-15,18H,16-17H2,1-3H3. The maximum absolute atomic E-state index is 2.44. The summed E-state index contributed by atoms with van der Waals surface area (Å²) in [6.07, 6.45) is 1.96. The van der Waals surface area contributed by atoms with Crippen LogP contribution in [0.2, 0.25) is 0 Å². The Kier molecular flexibility index (Phi) is 4.81. The van der Waals surface area contributed by atoms with Gasteiger partial charge in [0.25, 0.3) is 0 Å². The number of hydrogen-bond donors (Lipinski definition) is 0. The lowest BCUT2D eigenvalue weighted by Crippen LogP contribution is -1.90. The smallest absolute Gasteiger partial charge is 0.00194 e. The number of rotatable bonds is 4. The molecule has 2 aliphatic rings. The molecule has 134 valence electrons. The topological polar surface area (TPSA) is 0 Å². The van der Waals surface area contributed by atoms with Crippen LogP contribution < -0.4 is 0 Å². The number of fused-ring (bicyclic) bond motifs is 1. The van der Waals surface area contributed by atoms with E-state index in [0.717, 1.165) is 12.8 Å². The summed E-state index contributed by atoms with van der Waals surface area (Å²) in [5.41, 5.74) is 12.6. The number of aryl methyl sites for hydroxylation is 3. The predicted molar refractivity (Wildman–Crippen MR) is 116 cm³/mol. The fraction of sp³-hybridized carbons (Fsp3) is 0.185. The molecule has 0 amide bonds. The van der Waals surface area contributed by atoms with Crippen molar-refractivity contribution >= 4 is 0 Å². The molecule has 0 N–H and O–H groups in total. The molecule has 2 aromatic carbocycles. The Balaban J connectivity index is 1.88. The van der Waals surface area contributed by atoms with E-state index in [4.69, 9.17) is 0 Å². The molecular formula is C27H26. The van der Waals surface area contributed by atoms with E-state index in [1.807, 2.05) is 0 Å². The summed E-state index contributed by atoms with van der Waals surface area (Å²) in [5.74, 6) is 0. The third-order valence-corrected chi connectivity index (χ3v) is 5.39. The summed E-state index contributed by atoms with van der Waals surface area (Å²) in [7, 11) is 0. The van der Waals surface area contributed by atoms with Crippen molar-refractivity contribution in [1.29, 1.82) is 0 Å². The highest BCUT2D eigenvalue weighted by molar-refractivity contribution is 5.81. The maximum Gasteiger partial charge on any atom is -0.00194 e. The van der Waals surface area contributed by atoms with E-state index in [-0.39, 0.29) is 0 Å². The Morgan fingerprint density at radius 1 is 0.519 bits per heavy atom. The van der Waals surface area contributed by atoms with Gasteiger partial charge in [0.05, 0.1) is 0 Å². The van der Waals surface area contributed by atoms with Gasteiger partial charge in [-0.25, -0.2) is 0 Å². The van der Waals surface area contributed by atoms with Crippen molar-refractivity contribution in [2.45, 2.75) is 33.6 Å². The minimum absolute atomic E-state index is 0.982. The first-order chi connectivity index (χ1) is 13.1. The van der Waals surface area contributed by atoms with E-state index in [1.54, 1.807) is 0 Å². The molecule has 0 fully saturated rings. The molecule has 0 unspecified atom stereocenters. The van der Waals surface area contributed by atoms with E-state index in [0.29, 0.717) is 0 Å². The lowest BCUT2D eigenvalue weighted by atomic mass is 9.95. The van der Waals surface area contributed by atoms with Gasteiger partial charge in [0, 0.05) is 0 Å². The van der Waals surface area contributed by atoms with Crippen LogP contribution in [0.4, 0.5) is 0 Å². The molecule has 2 aliphatic carbocycles. The Morgan fingerprint density at radius 3 is 1.33 bits per heavy atom. The molecule has 0 atom stereocenters. The zero-order valence-corrected chi connectivity index (χ0v) is 16.4. The molecule has 0 aromatic heterocycles. The molecular weight excluding hydrogens is 324 g/mol. The van der Waals surface area contributed by atoms with Gasteiger partial charge in [-0.3, -0.25) is 0 Å². The minimum Gasteiger partial charge on any atom is -0.0622 e. The predicted octanol–water partition coefficient (Wildman–Crippen LogP) is 6.90. The van der Waals surface area contributed by atoms with Crippen LogP contribution in [0, 0.1) is 20.8 Å². The van der Waals surface area contributed by atoms with E-state index in [2.05, 4.69) is 99.6 Å². The van der Waals surface area contributed by atoms with Gasteiger partial charge in [-0.2, -0.15) is 0 Å². The summed E-state index contributed by atoms with van der Waals surface area (Å²) in [6.45, 7) is 6.72. The van der Waals surface area contributed by atoms with Gasteiger partial charge in [-0.1, -0.05) is 84.4 Å². The highest BCUT2D eigenvalue weighted by Crippen LogP contribution is 2.39. The molecule has 4 rings (SSSR count). The second-order valence-corrected chi connectivity index (χ2v) is 7.67. The van der Waals surface area contributed by atoms with Gasteiger partial charge >= 0.3 is 0 Å². The quantitative estimate of drug-likeness (QED) is 0.375. The normalized spacial score (nSPS) is 11.1. The largest absolute Gasteiger partial charge is 0.0622 e. The second-order valence-electron chi connectivity index (χ2n) is 7.67. The fourth-order valence-corrected chi connectivity index (χ4v) is 4.36. The zero-order chi connectivity index (χ0) is 18.8. The summed E-state index contributed by atoms with van der Waals surface area (Å²) in [6, 6.07) is 28.7. The van der Waals surface area contributed by atoms with Crippen LogP contribution in [0.1, 0.15) is 38.9 Å². The number of hydrogen-bond acceptors (Lipinski definition) is 0. The van der Waals surface area contributed by atoms with E-state index in [9.17, 15) is 0 Å². The molecule has 0 heterocycles. The molecule has 0 bridgehead atoms. The van der Waals surface area contributed by atoms with E-state index < -0.39 is 0 Å². The van der Waals surface area contributed by atoms with Crippen LogP contribution in [0.25, 0.3) is 11.1 Å². The first-order valence-electron chi connectivity index (χ1n) is 9.72. The van der Waals surface area contributed by atoms with Gasteiger partial charge < -0.3 is 0 Å². The SMILES string of the molecule is Cc1cc(C)c2c(Cc3ccccc3)cc(Cc3ccccc3)c-2c(C)c1. The van der Waals surface area contributed by atoms with Gasteiger partial charge in [0.1, 0.15) is 0 Å². The fourth-order valence-electron chi connectivity index (χ4n) is 4.36. The lowest BCUT2D eigenvalue weighted by Gasteiger charge is -2.09. The molecule has 0 saturated heterocycles. The first kappa shape index (κ1) is 17.5. The molecule has 0 radical (unpaired) electrons. The van der Waals surface area contributed by atoms with Crippen molar-refractivity contribution in [3.63, 3.8) is 0 Å². The Hall–Kier alpha value is -2.86. The van der Waals surface area contributed by atoms with Crippen molar-refractivity contribution in [3.8, 4) is 11.1 Å². The van der Waals surface area contributed by atoms with Crippen molar-refractivity contribution in [3.05, 3.63) is 118 Å². The van der Waals surface area contributed by atoms with Gasteiger partial charge in [-0.05, 0) is 78.1 Å². The van der Waals surface area contributed by atoms with E-state index in [1.165, 1.54) is 50.1 Å². The monoisotopic (exact) mass is 350 g/mol. The summed E-state index contributed by atoms with van der Waals surface area (Å²) in [5, 5.41) is 0. The average Bonchev–Trinajstić information content (AvgIpc) is 2.95. The molecule has 0 nitrogen and oxygen atoms in total. The summed E-state index contributed by atoms with van der Waals surface area (Å²) < 4.78 is 0. The van der Waals surface area contributed by atoms with Crippen LogP contribution in [0.15, 0.2) is 78.9 Å². The Bertz CT molecular complexity index is 944. The Labute approximate surface area is 162 Å². The van der Waals surface area contributed by atoms with Crippen LogP contribution in [-0.2, 0) is 12.8 Å². The number of benzene rings is 2. The molecule has 0 saturated carbocycles. The third kappa shape index (κ3) is 3.66. The van der Waals surface area contributed by atoms with Gasteiger partial charge in [0.2, 0.25) is 0 Å². The zero-order valence-electron chi connectivity index (χ0n) is 16.4. The van der Waals surface area contributed by atoms with Crippen molar-refractivity contribution < 1.29 is 0 Å². The maximum atomic E-state index is 2.44. The third-order valence-electron chi connectivity index (χ3n) is 5.39. The first-order valence-corrected chi connectivity index (χ1v) is 9.72. The van der Waals surface area contributed by atoms with Gasteiger partial charge in [0.15, 0.2) is 0 Å². The molecule has 0 aliphatic heterocycles.